The molecule has 6 nitrogen and oxygen atoms in total. The molecule has 0 radical (unpaired) electrons. The SMILES string of the molecule is O=C(O)c1ccc(Cl)c(N2C=C(c3cccnc3)NN2)c1. The van der Waals surface area contributed by atoms with Gasteiger partial charge in [-0.25, -0.2) is 4.79 Å². The average Bonchev–Trinajstić information content (AvgIpc) is 2.98. The number of aromatic nitrogens is 1. The Labute approximate surface area is 125 Å². The van der Waals surface area contributed by atoms with Gasteiger partial charge in [0.25, 0.3) is 0 Å². The molecule has 0 spiro atoms. The Morgan fingerprint density at radius 3 is 2.90 bits per heavy atom. The van der Waals surface area contributed by atoms with Crippen LogP contribution in [0.4, 0.5) is 5.69 Å². The van der Waals surface area contributed by atoms with Crippen molar-refractivity contribution in [3.8, 4) is 0 Å². The van der Waals surface area contributed by atoms with Crippen LogP contribution in [0, 0.1) is 0 Å². The number of nitrogens with one attached hydrogen (secondary N) is 2. The number of nitrogens with zero attached hydrogens (tertiary/aromatic N) is 2. The fourth-order valence-corrected chi connectivity index (χ4v) is 2.15. The second-order valence-corrected chi connectivity index (χ2v) is 4.77. The molecule has 21 heavy (non-hydrogen) atoms. The van der Waals surface area contributed by atoms with Gasteiger partial charge in [0.15, 0.2) is 0 Å². The number of rotatable bonds is 3. The van der Waals surface area contributed by atoms with E-state index in [9.17, 15) is 4.79 Å². The molecule has 0 saturated carbocycles. The number of halogens is 1. The van der Waals surface area contributed by atoms with Crippen LogP contribution in [0.1, 0.15) is 15.9 Å². The summed E-state index contributed by atoms with van der Waals surface area (Å²) >= 11 is 6.13. The molecule has 1 aliphatic heterocycles. The zero-order chi connectivity index (χ0) is 14.8. The van der Waals surface area contributed by atoms with E-state index in [0.717, 1.165) is 11.3 Å². The standard InChI is InChI=1S/C14H11ClN4O2/c15-11-4-3-9(14(20)21)6-13(11)19-8-12(17-18-19)10-2-1-5-16-7-10/h1-8,17-18H,(H,20,21). The minimum atomic E-state index is -1.00. The monoisotopic (exact) mass is 302 g/mol. The lowest BCUT2D eigenvalue weighted by Gasteiger charge is -2.17. The summed E-state index contributed by atoms with van der Waals surface area (Å²) in [7, 11) is 0. The van der Waals surface area contributed by atoms with Crippen molar-refractivity contribution in [2.45, 2.75) is 0 Å². The van der Waals surface area contributed by atoms with Crippen molar-refractivity contribution in [1.82, 2.24) is 15.9 Å². The predicted molar refractivity (Wildman–Crippen MR) is 79.4 cm³/mol. The summed E-state index contributed by atoms with van der Waals surface area (Å²) in [5, 5.41) is 11.1. The maximum absolute atomic E-state index is 11.0. The third-order valence-corrected chi connectivity index (χ3v) is 3.31. The first-order valence-electron chi connectivity index (χ1n) is 6.11. The van der Waals surface area contributed by atoms with Gasteiger partial charge in [0.05, 0.1) is 22.0 Å². The second kappa shape index (κ2) is 5.43. The van der Waals surface area contributed by atoms with Crippen molar-refractivity contribution < 1.29 is 9.90 Å². The Hall–Kier alpha value is -2.57. The molecule has 0 fully saturated rings. The molecule has 0 bridgehead atoms. The lowest BCUT2D eigenvalue weighted by molar-refractivity contribution is 0.0697. The van der Waals surface area contributed by atoms with Gasteiger partial charge in [-0.05, 0) is 30.3 Å². The second-order valence-electron chi connectivity index (χ2n) is 4.36. The molecule has 0 unspecified atom stereocenters. The highest BCUT2D eigenvalue weighted by molar-refractivity contribution is 6.33. The molecule has 1 aromatic carbocycles. The van der Waals surface area contributed by atoms with E-state index < -0.39 is 5.97 Å². The highest BCUT2D eigenvalue weighted by Gasteiger charge is 2.18. The number of aromatic carboxylic acids is 1. The average molecular weight is 303 g/mol. The van der Waals surface area contributed by atoms with Gasteiger partial charge in [0.2, 0.25) is 0 Å². The van der Waals surface area contributed by atoms with Crippen LogP contribution in [0.3, 0.4) is 0 Å². The number of carboxylic acids is 1. The maximum Gasteiger partial charge on any atom is 0.335 e. The summed E-state index contributed by atoms with van der Waals surface area (Å²) < 4.78 is 0. The molecular weight excluding hydrogens is 292 g/mol. The van der Waals surface area contributed by atoms with Crippen molar-refractivity contribution >= 4 is 29.0 Å². The van der Waals surface area contributed by atoms with Gasteiger partial charge in [-0.2, -0.15) is 0 Å². The first-order chi connectivity index (χ1) is 10.1. The quantitative estimate of drug-likeness (QED) is 0.807. The zero-order valence-corrected chi connectivity index (χ0v) is 11.5. The van der Waals surface area contributed by atoms with Gasteiger partial charge in [-0.15, -0.1) is 5.53 Å². The van der Waals surface area contributed by atoms with Crippen molar-refractivity contribution in [2.75, 3.05) is 5.01 Å². The van der Waals surface area contributed by atoms with Crippen LogP contribution >= 0.6 is 11.6 Å². The van der Waals surface area contributed by atoms with E-state index in [1.807, 2.05) is 12.1 Å². The van der Waals surface area contributed by atoms with Crippen LogP contribution < -0.4 is 16.0 Å². The topological polar surface area (TPSA) is 77.5 Å². The predicted octanol–water partition coefficient (Wildman–Crippen LogP) is 2.26. The number of benzene rings is 1. The van der Waals surface area contributed by atoms with E-state index in [2.05, 4.69) is 15.9 Å². The van der Waals surface area contributed by atoms with E-state index in [1.165, 1.54) is 12.1 Å². The molecular formula is C14H11ClN4O2. The Bertz CT molecular complexity index is 718. The van der Waals surface area contributed by atoms with Crippen LogP contribution in [0.25, 0.3) is 5.70 Å². The number of pyridine rings is 1. The van der Waals surface area contributed by atoms with Crippen LogP contribution in [0.15, 0.2) is 48.9 Å². The lowest BCUT2D eigenvalue weighted by atomic mass is 10.2. The molecule has 3 rings (SSSR count). The first-order valence-corrected chi connectivity index (χ1v) is 6.49. The van der Waals surface area contributed by atoms with Gasteiger partial charge >= 0.3 is 5.97 Å². The fourth-order valence-electron chi connectivity index (χ4n) is 1.94. The molecule has 0 amide bonds. The Morgan fingerprint density at radius 2 is 2.19 bits per heavy atom. The summed E-state index contributed by atoms with van der Waals surface area (Å²) in [6, 6.07) is 8.26. The molecule has 3 N–H and O–H groups in total. The molecule has 2 heterocycles. The van der Waals surface area contributed by atoms with Crippen molar-refractivity contribution in [3.63, 3.8) is 0 Å². The Kier molecular flexibility index (Phi) is 3.47. The minimum absolute atomic E-state index is 0.166. The molecule has 106 valence electrons. The Morgan fingerprint density at radius 1 is 1.33 bits per heavy atom. The van der Waals surface area contributed by atoms with Gasteiger partial charge in [-0.1, -0.05) is 11.6 Å². The number of hydrazine groups is 2. The van der Waals surface area contributed by atoms with E-state index in [-0.39, 0.29) is 5.56 Å². The first kappa shape index (κ1) is 13.4. The van der Waals surface area contributed by atoms with Crippen LogP contribution in [-0.2, 0) is 0 Å². The molecule has 1 aliphatic rings. The molecule has 0 atom stereocenters. The van der Waals surface area contributed by atoms with Crippen LogP contribution in [-0.4, -0.2) is 16.1 Å². The number of anilines is 1. The molecule has 0 saturated heterocycles. The molecule has 7 heteroatoms. The highest BCUT2D eigenvalue weighted by Crippen LogP contribution is 2.28. The van der Waals surface area contributed by atoms with Gasteiger partial charge in [-0.3, -0.25) is 9.99 Å². The Balaban J connectivity index is 1.94. The molecule has 0 aliphatic carbocycles. The van der Waals surface area contributed by atoms with Crippen molar-refractivity contribution in [3.05, 3.63) is 65.1 Å². The van der Waals surface area contributed by atoms with Gasteiger partial charge in [0, 0.05) is 24.2 Å². The van der Waals surface area contributed by atoms with Gasteiger partial charge < -0.3 is 10.5 Å². The third-order valence-electron chi connectivity index (χ3n) is 2.99. The number of hydrogen-bond donors (Lipinski definition) is 3. The minimum Gasteiger partial charge on any atom is -0.478 e. The third kappa shape index (κ3) is 2.67. The highest BCUT2D eigenvalue weighted by atomic mass is 35.5. The smallest absolute Gasteiger partial charge is 0.335 e. The van der Waals surface area contributed by atoms with E-state index in [1.54, 1.807) is 29.7 Å². The summed E-state index contributed by atoms with van der Waals surface area (Å²) in [6.07, 6.45) is 5.19. The zero-order valence-electron chi connectivity index (χ0n) is 10.7. The number of carboxylic acid groups (broad SMARTS) is 1. The summed E-state index contributed by atoms with van der Waals surface area (Å²) in [4.78, 5) is 15.1. The molecule has 1 aromatic heterocycles. The fraction of sp³-hybridized carbons (Fsp3) is 0. The van der Waals surface area contributed by atoms with E-state index in [4.69, 9.17) is 16.7 Å². The van der Waals surface area contributed by atoms with Crippen molar-refractivity contribution in [2.24, 2.45) is 0 Å². The normalized spacial score (nSPS) is 13.8. The largest absolute Gasteiger partial charge is 0.478 e. The van der Waals surface area contributed by atoms with E-state index in [0.29, 0.717) is 10.7 Å². The van der Waals surface area contributed by atoms with E-state index >= 15 is 0 Å². The lowest BCUT2D eigenvalue weighted by Crippen LogP contribution is -2.36. The van der Waals surface area contributed by atoms with Crippen LogP contribution in [0.2, 0.25) is 5.02 Å². The summed E-state index contributed by atoms with van der Waals surface area (Å²) in [6.45, 7) is 0. The summed E-state index contributed by atoms with van der Waals surface area (Å²) in [5.74, 6) is -1.00. The molecule has 2 aromatic rings. The van der Waals surface area contributed by atoms with Crippen molar-refractivity contribution in [1.29, 1.82) is 0 Å². The van der Waals surface area contributed by atoms with Gasteiger partial charge in [0.1, 0.15) is 0 Å². The number of hydrogen-bond acceptors (Lipinski definition) is 5. The van der Waals surface area contributed by atoms with Crippen LogP contribution in [0.5, 0.6) is 0 Å². The summed E-state index contributed by atoms with van der Waals surface area (Å²) in [5.41, 5.74) is 8.32. The maximum atomic E-state index is 11.0. The number of carbonyl (C=O) groups is 1.